The molecule has 2 nitrogen and oxygen atoms in total. The SMILES string of the molecule is C=C/C=C\c1c(N)ccn1C. The van der Waals surface area contributed by atoms with Gasteiger partial charge in [0.2, 0.25) is 0 Å². The number of anilines is 1. The van der Waals surface area contributed by atoms with Crippen LogP contribution >= 0.6 is 0 Å². The summed E-state index contributed by atoms with van der Waals surface area (Å²) in [5.74, 6) is 0. The smallest absolute Gasteiger partial charge is 0.0637 e. The topological polar surface area (TPSA) is 30.9 Å². The van der Waals surface area contributed by atoms with Crippen LogP contribution in [-0.2, 0) is 7.05 Å². The molecule has 1 aromatic rings. The van der Waals surface area contributed by atoms with E-state index in [1.54, 1.807) is 6.08 Å². The summed E-state index contributed by atoms with van der Waals surface area (Å²) in [5.41, 5.74) is 7.49. The number of rotatable bonds is 2. The molecule has 0 amide bonds. The van der Waals surface area contributed by atoms with Crippen LogP contribution in [0.25, 0.3) is 6.08 Å². The van der Waals surface area contributed by atoms with E-state index < -0.39 is 0 Å². The zero-order valence-corrected chi connectivity index (χ0v) is 6.62. The first-order valence-electron chi connectivity index (χ1n) is 3.45. The monoisotopic (exact) mass is 148 g/mol. The van der Waals surface area contributed by atoms with Crippen LogP contribution in [0.15, 0.2) is 31.0 Å². The van der Waals surface area contributed by atoms with Gasteiger partial charge < -0.3 is 10.3 Å². The van der Waals surface area contributed by atoms with E-state index in [0.717, 1.165) is 11.4 Å². The summed E-state index contributed by atoms with van der Waals surface area (Å²) < 4.78 is 1.97. The first-order valence-corrected chi connectivity index (χ1v) is 3.45. The number of hydrogen-bond acceptors (Lipinski definition) is 1. The average Bonchev–Trinajstić information content (AvgIpc) is 2.29. The molecule has 0 aliphatic heterocycles. The van der Waals surface area contributed by atoms with E-state index in [1.165, 1.54) is 0 Å². The van der Waals surface area contributed by atoms with Gasteiger partial charge in [0.25, 0.3) is 0 Å². The second kappa shape index (κ2) is 3.10. The van der Waals surface area contributed by atoms with Crippen LogP contribution in [0.5, 0.6) is 0 Å². The molecule has 0 spiro atoms. The molecule has 1 aromatic heterocycles. The molecule has 2 N–H and O–H groups in total. The first kappa shape index (κ1) is 7.66. The zero-order chi connectivity index (χ0) is 8.27. The highest BCUT2D eigenvalue weighted by molar-refractivity contribution is 5.62. The molecule has 0 saturated carbocycles. The molecule has 0 fully saturated rings. The average molecular weight is 148 g/mol. The summed E-state index contributed by atoms with van der Waals surface area (Å²) in [6.07, 6.45) is 7.46. The lowest BCUT2D eigenvalue weighted by Gasteiger charge is -1.96. The van der Waals surface area contributed by atoms with Gasteiger partial charge in [0, 0.05) is 13.2 Å². The second-order valence-electron chi connectivity index (χ2n) is 2.36. The number of hydrogen-bond donors (Lipinski definition) is 1. The van der Waals surface area contributed by atoms with E-state index >= 15 is 0 Å². The van der Waals surface area contributed by atoms with Crippen molar-refractivity contribution in [1.82, 2.24) is 4.57 Å². The van der Waals surface area contributed by atoms with Gasteiger partial charge in [-0.3, -0.25) is 0 Å². The van der Waals surface area contributed by atoms with Crippen molar-refractivity contribution in [2.75, 3.05) is 5.73 Å². The van der Waals surface area contributed by atoms with Crippen molar-refractivity contribution in [2.24, 2.45) is 7.05 Å². The van der Waals surface area contributed by atoms with Crippen LogP contribution < -0.4 is 5.73 Å². The predicted molar refractivity (Wildman–Crippen MR) is 49.1 cm³/mol. The number of nitrogen functional groups attached to an aromatic ring is 1. The van der Waals surface area contributed by atoms with Gasteiger partial charge in [-0.1, -0.05) is 18.7 Å². The lowest BCUT2D eigenvalue weighted by Crippen LogP contribution is -1.91. The van der Waals surface area contributed by atoms with Gasteiger partial charge >= 0.3 is 0 Å². The van der Waals surface area contributed by atoms with Gasteiger partial charge in [0.05, 0.1) is 11.4 Å². The molecule has 0 aliphatic rings. The minimum atomic E-state index is 0.797. The first-order chi connectivity index (χ1) is 5.25. The van der Waals surface area contributed by atoms with Crippen LogP contribution in [0.2, 0.25) is 0 Å². The summed E-state index contributed by atoms with van der Waals surface area (Å²) in [7, 11) is 1.96. The van der Waals surface area contributed by atoms with Gasteiger partial charge in [-0.2, -0.15) is 0 Å². The normalized spacial score (nSPS) is 10.6. The molecular formula is C9H12N2. The summed E-state index contributed by atoms with van der Waals surface area (Å²) in [6.45, 7) is 3.58. The molecule has 11 heavy (non-hydrogen) atoms. The predicted octanol–water partition coefficient (Wildman–Crippen LogP) is 1.81. The van der Waals surface area contributed by atoms with Gasteiger partial charge in [-0.25, -0.2) is 0 Å². The quantitative estimate of drug-likeness (QED) is 0.637. The number of aryl methyl sites for hydroxylation is 1. The maximum atomic E-state index is 5.68. The minimum absolute atomic E-state index is 0.797. The summed E-state index contributed by atoms with van der Waals surface area (Å²) >= 11 is 0. The fourth-order valence-corrected chi connectivity index (χ4v) is 0.934. The molecule has 1 rings (SSSR count). The molecular weight excluding hydrogens is 136 g/mol. The number of allylic oxidation sites excluding steroid dienone is 2. The molecule has 0 saturated heterocycles. The molecule has 2 heteroatoms. The van der Waals surface area contributed by atoms with Crippen molar-refractivity contribution in [2.45, 2.75) is 0 Å². The second-order valence-corrected chi connectivity index (χ2v) is 2.36. The van der Waals surface area contributed by atoms with Crippen LogP contribution in [0.4, 0.5) is 5.69 Å². The molecule has 0 radical (unpaired) electrons. The molecule has 0 aromatic carbocycles. The third kappa shape index (κ3) is 1.52. The van der Waals surface area contributed by atoms with E-state index in [1.807, 2.05) is 36.0 Å². The Hall–Kier alpha value is -1.44. The van der Waals surface area contributed by atoms with E-state index in [-0.39, 0.29) is 0 Å². The molecule has 58 valence electrons. The van der Waals surface area contributed by atoms with E-state index in [2.05, 4.69) is 6.58 Å². The van der Waals surface area contributed by atoms with Crippen molar-refractivity contribution in [1.29, 1.82) is 0 Å². The van der Waals surface area contributed by atoms with Crippen molar-refractivity contribution in [3.63, 3.8) is 0 Å². The molecule has 0 bridgehead atoms. The Morgan fingerprint density at radius 1 is 1.64 bits per heavy atom. The number of nitrogens with two attached hydrogens (primary N) is 1. The summed E-state index contributed by atoms with van der Waals surface area (Å²) in [4.78, 5) is 0. The molecule has 0 atom stereocenters. The molecule has 1 heterocycles. The Kier molecular flexibility index (Phi) is 2.16. The van der Waals surface area contributed by atoms with Crippen LogP contribution in [0.3, 0.4) is 0 Å². The van der Waals surface area contributed by atoms with Crippen LogP contribution in [0, 0.1) is 0 Å². The number of nitrogens with zero attached hydrogens (tertiary/aromatic N) is 1. The Morgan fingerprint density at radius 3 is 2.82 bits per heavy atom. The van der Waals surface area contributed by atoms with Crippen LogP contribution in [-0.4, -0.2) is 4.57 Å². The Morgan fingerprint density at radius 2 is 2.36 bits per heavy atom. The highest BCUT2D eigenvalue weighted by atomic mass is 14.9. The third-order valence-electron chi connectivity index (χ3n) is 1.54. The standard InChI is InChI=1S/C9H12N2/c1-3-4-5-9-8(10)6-7-11(9)2/h3-7H,1,10H2,2H3/b5-4-. The number of aromatic nitrogens is 1. The molecule has 0 unspecified atom stereocenters. The zero-order valence-electron chi connectivity index (χ0n) is 6.62. The lowest BCUT2D eigenvalue weighted by atomic mass is 10.3. The fourth-order valence-electron chi connectivity index (χ4n) is 0.934. The minimum Gasteiger partial charge on any atom is -0.397 e. The van der Waals surface area contributed by atoms with E-state index in [0.29, 0.717) is 0 Å². The molecule has 0 aliphatic carbocycles. The van der Waals surface area contributed by atoms with Crippen molar-refractivity contribution < 1.29 is 0 Å². The van der Waals surface area contributed by atoms with E-state index in [9.17, 15) is 0 Å². The van der Waals surface area contributed by atoms with Crippen molar-refractivity contribution in [3.8, 4) is 0 Å². The van der Waals surface area contributed by atoms with Gasteiger partial charge in [-0.05, 0) is 12.1 Å². The third-order valence-corrected chi connectivity index (χ3v) is 1.54. The maximum absolute atomic E-state index is 5.68. The van der Waals surface area contributed by atoms with Crippen LogP contribution in [0.1, 0.15) is 5.69 Å². The highest BCUT2D eigenvalue weighted by Crippen LogP contribution is 2.13. The Bertz CT molecular complexity index is 262. The Balaban J connectivity index is 3.00. The van der Waals surface area contributed by atoms with Gasteiger partial charge in [0.15, 0.2) is 0 Å². The largest absolute Gasteiger partial charge is 0.397 e. The van der Waals surface area contributed by atoms with Gasteiger partial charge in [-0.15, -0.1) is 0 Å². The fraction of sp³-hybridized carbons (Fsp3) is 0.111. The van der Waals surface area contributed by atoms with Crippen molar-refractivity contribution in [3.05, 3.63) is 36.7 Å². The summed E-state index contributed by atoms with van der Waals surface area (Å²) in [6, 6.07) is 1.88. The lowest BCUT2D eigenvalue weighted by molar-refractivity contribution is 0.916. The summed E-state index contributed by atoms with van der Waals surface area (Å²) in [5, 5.41) is 0. The highest BCUT2D eigenvalue weighted by Gasteiger charge is 1.96. The van der Waals surface area contributed by atoms with Crippen molar-refractivity contribution >= 4 is 11.8 Å². The van der Waals surface area contributed by atoms with E-state index in [4.69, 9.17) is 5.73 Å². The Labute approximate surface area is 66.6 Å². The maximum Gasteiger partial charge on any atom is 0.0637 e. The van der Waals surface area contributed by atoms with Gasteiger partial charge in [0.1, 0.15) is 0 Å².